The Hall–Kier alpha value is -3.91. The molecule has 3 aromatic rings. The number of rotatable bonds is 4. The molecule has 3 aliphatic rings. The fourth-order valence-electron chi connectivity index (χ4n) is 6.67. The summed E-state index contributed by atoms with van der Waals surface area (Å²) in [5.41, 5.74) is 4.80. The predicted octanol–water partition coefficient (Wildman–Crippen LogP) is 6.89. The quantitative estimate of drug-likeness (QED) is 0.351. The number of ketones is 1. The zero-order chi connectivity index (χ0) is 30.5. The number of benzene rings is 3. The second kappa shape index (κ2) is 11.3. The molecule has 6 rings (SSSR count). The molecule has 224 valence electrons. The Labute approximate surface area is 255 Å². The third-order valence-corrected chi connectivity index (χ3v) is 8.89. The van der Waals surface area contributed by atoms with Crippen LogP contribution in [0.5, 0.6) is 0 Å². The second-order valence-electron chi connectivity index (χ2n) is 12.5. The van der Waals surface area contributed by atoms with Crippen LogP contribution in [-0.4, -0.2) is 49.3 Å². The number of piperazine rings is 1. The summed E-state index contributed by atoms with van der Waals surface area (Å²) in [6.07, 6.45) is 0.883. The lowest BCUT2D eigenvalue weighted by Crippen LogP contribution is -2.52. The highest BCUT2D eigenvalue weighted by atomic mass is 35.5. The van der Waals surface area contributed by atoms with Gasteiger partial charge in [-0.05, 0) is 66.3 Å². The van der Waals surface area contributed by atoms with Crippen molar-refractivity contribution >= 4 is 40.4 Å². The van der Waals surface area contributed by atoms with Crippen molar-refractivity contribution in [2.45, 2.75) is 39.7 Å². The van der Waals surface area contributed by atoms with E-state index in [4.69, 9.17) is 11.6 Å². The zero-order valence-electron chi connectivity index (χ0n) is 24.6. The van der Waals surface area contributed by atoms with E-state index in [1.54, 1.807) is 0 Å². The molecule has 6 nitrogen and oxygen atoms in total. The molecule has 1 unspecified atom stereocenters. The fraction of sp³-hybridized carbons (Fsp3) is 0.353. The molecule has 0 radical (unpaired) electrons. The van der Waals surface area contributed by atoms with Gasteiger partial charge in [-0.3, -0.25) is 9.59 Å². The number of hydrogen-bond acceptors (Lipinski definition) is 5. The number of nitrogens with one attached hydrogen (secondary N) is 1. The smallest absolute Gasteiger partial charge is 0.242 e. The predicted molar refractivity (Wildman–Crippen MR) is 167 cm³/mol. The number of aryl methyl sites for hydroxylation is 1. The summed E-state index contributed by atoms with van der Waals surface area (Å²) in [7, 11) is 0. The molecule has 0 bridgehead atoms. The molecule has 9 heteroatoms. The van der Waals surface area contributed by atoms with E-state index < -0.39 is 17.7 Å². The lowest BCUT2D eigenvalue weighted by molar-refractivity contribution is -0.130. The molecule has 1 atom stereocenters. The maximum atomic E-state index is 14.7. The Morgan fingerprint density at radius 2 is 1.65 bits per heavy atom. The van der Waals surface area contributed by atoms with Crippen molar-refractivity contribution in [2.75, 3.05) is 47.8 Å². The highest BCUT2D eigenvalue weighted by Gasteiger charge is 2.42. The largest absolute Gasteiger partial charge is 0.368 e. The monoisotopic (exact) mass is 604 g/mol. The van der Waals surface area contributed by atoms with E-state index in [1.165, 1.54) is 12.1 Å². The fourth-order valence-corrected chi connectivity index (χ4v) is 6.84. The minimum absolute atomic E-state index is 0.0643. The number of hydrogen-bond donors (Lipinski definition) is 1. The summed E-state index contributed by atoms with van der Waals surface area (Å²) in [5, 5.41) is 4.15. The van der Waals surface area contributed by atoms with Crippen LogP contribution < -0.4 is 15.1 Å². The van der Waals surface area contributed by atoms with Gasteiger partial charge in [0, 0.05) is 60.6 Å². The number of Topliss-reactive ketones (excluding diaryl/α,β-unsaturated/α-hetero) is 1. The van der Waals surface area contributed by atoms with Gasteiger partial charge < -0.3 is 20.0 Å². The van der Waals surface area contributed by atoms with E-state index in [9.17, 15) is 18.4 Å². The first-order valence-electron chi connectivity index (χ1n) is 14.6. The first-order chi connectivity index (χ1) is 20.5. The molecule has 3 aromatic carbocycles. The molecule has 0 spiro atoms. The lowest BCUT2D eigenvalue weighted by atomic mass is 9.73. The third kappa shape index (κ3) is 5.85. The SMILES string of the molecule is Cc1ccc(Cl)cc1N1CCN(C(=O)CN2c3ccccc3NC3=C(C(=O)CC(C)(C)C3)C2c2cc(F)cc(F)c2)CC1. The summed E-state index contributed by atoms with van der Waals surface area (Å²) in [4.78, 5) is 33.7. The van der Waals surface area contributed by atoms with Crippen LogP contribution in [0, 0.1) is 24.0 Å². The molecule has 1 aliphatic carbocycles. The molecule has 1 fully saturated rings. The maximum absolute atomic E-state index is 14.7. The van der Waals surface area contributed by atoms with Gasteiger partial charge in [-0.1, -0.05) is 43.6 Å². The number of carbonyl (C=O) groups is 2. The van der Waals surface area contributed by atoms with Gasteiger partial charge in [0.25, 0.3) is 0 Å². The molecular formula is C34H35ClF2N4O2. The van der Waals surface area contributed by atoms with Crippen LogP contribution in [0.15, 0.2) is 71.9 Å². The molecular weight excluding hydrogens is 570 g/mol. The number of fused-ring (bicyclic) bond motifs is 1. The van der Waals surface area contributed by atoms with Crippen LogP contribution in [0.25, 0.3) is 0 Å². The number of nitrogens with zero attached hydrogens (tertiary/aromatic N) is 3. The Balaban J connectivity index is 1.36. The van der Waals surface area contributed by atoms with Crippen molar-refractivity contribution in [1.29, 1.82) is 0 Å². The van der Waals surface area contributed by atoms with Crippen LogP contribution >= 0.6 is 11.6 Å². The second-order valence-corrected chi connectivity index (χ2v) is 12.9. The maximum Gasteiger partial charge on any atom is 0.242 e. The van der Waals surface area contributed by atoms with Gasteiger partial charge in [0.05, 0.1) is 24.0 Å². The zero-order valence-corrected chi connectivity index (χ0v) is 25.3. The molecule has 2 aliphatic heterocycles. The van der Waals surface area contributed by atoms with E-state index in [1.807, 2.05) is 73.0 Å². The van der Waals surface area contributed by atoms with E-state index in [-0.39, 0.29) is 23.7 Å². The Bertz CT molecular complexity index is 1610. The van der Waals surface area contributed by atoms with Crippen molar-refractivity contribution in [3.8, 4) is 0 Å². The topological polar surface area (TPSA) is 55.9 Å². The van der Waals surface area contributed by atoms with E-state index in [2.05, 4.69) is 10.2 Å². The van der Waals surface area contributed by atoms with Crippen LogP contribution in [-0.2, 0) is 9.59 Å². The third-order valence-electron chi connectivity index (χ3n) is 8.65. The molecule has 2 heterocycles. The van der Waals surface area contributed by atoms with Crippen molar-refractivity contribution < 1.29 is 18.4 Å². The standard InChI is InChI=1S/C34H35ClF2N4O2/c1-21-8-9-23(35)16-29(21)39-10-12-40(13-11-39)31(43)20-41-28-7-5-4-6-26(28)38-27-18-34(2,3)19-30(42)32(27)33(41)22-14-24(36)17-25(37)15-22/h4-9,14-17,33,38H,10-13,18-20H2,1-3H3. The van der Waals surface area contributed by atoms with Gasteiger partial charge in [-0.2, -0.15) is 0 Å². The van der Waals surface area contributed by atoms with E-state index in [0.717, 1.165) is 28.7 Å². The van der Waals surface area contributed by atoms with Crippen LogP contribution in [0.2, 0.25) is 5.02 Å². The van der Waals surface area contributed by atoms with E-state index >= 15 is 0 Å². The van der Waals surface area contributed by atoms with Gasteiger partial charge >= 0.3 is 0 Å². The lowest BCUT2D eigenvalue weighted by Gasteiger charge is -2.40. The van der Waals surface area contributed by atoms with E-state index in [0.29, 0.717) is 60.9 Å². The Morgan fingerprint density at radius 3 is 2.37 bits per heavy atom. The summed E-state index contributed by atoms with van der Waals surface area (Å²) < 4.78 is 29.3. The number of amides is 1. The molecule has 1 N–H and O–H groups in total. The molecule has 1 saturated heterocycles. The Morgan fingerprint density at radius 1 is 0.953 bits per heavy atom. The van der Waals surface area contributed by atoms with Gasteiger partial charge in [0.1, 0.15) is 11.6 Å². The molecule has 43 heavy (non-hydrogen) atoms. The normalized spacial score (nSPS) is 19.9. The number of anilines is 3. The summed E-state index contributed by atoms with van der Waals surface area (Å²) in [6, 6.07) is 15.9. The van der Waals surface area contributed by atoms with Crippen molar-refractivity contribution in [2.24, 2.45) is 5.41 Å². The van der Waals surface area contributed by atoms with Gasteiger partial charge in [0.15, 0.2) is 5.78 Å². The van der Waals surface area contributed by atoms with Crippen LogP contribution in [0.4, 0.5) is 25.8 Å². The van der Waals surface area contributed by atoms with Gasteiger partial charge in [0.2, 0.25) is 5.91 Å². The molecule has 0 saturated carbocycles. The van der Waals surface area contributed by atoms with Crippen LogP contribution in [0.3, 0.4) is 0 Å². The van der Waals surface area contributed by atoms with Crippen LogP contribution in [0.1, 0.15) is 43.9 Å². The minimum Gasteiger partial charge on any atom is -0.368 e. The average Bonchev–Trinajstić information content (AvgIpc) is 3.07. The number of para-hydroxylation sites is 2. The first kappa shape index (κ1) is 29.2. The number of carbonyl (C=O) groups excluding carboxylic acids is 2. The van der Waals surface area contributed by atoms with Crippen molar-refractivity contribution in [3.63, 3.8) is 0 Å². The highest BCUT2D eigenvalue weighted by Crippen LogP contribution is 2.48. The molecule has 1 amide bonds. The minimum atomic E-state index is -0.848. The number of allylic oxidation sites excluding steroid dienone is 1. The summed E-state index contributed by atoms with van der Waals surface area (Å²) >= 11 is 6.26. The van der Waals surface area contributed by atoms with Crippen molar-refractivity contribution in [3.05, 3.63) is 99.7 Å². The average molecular weight is 605 g/mol. The van der Waals surface area contributed by atoms with Gasteiger partial charge in [-0.25, -0.2) is 8.78 Å². The number of halogens is 3. The van der Waals surface area contributed by atoms with Crippen molar-refractivity contribution in [1.82, 2.24) is 4.90 Å². The summed E-state index contributed by atoms with van der Waals surface area (Å²) in [5.74, 6) is -1.68. The highest BCUT2D eigenvalue weighted by molar-refractivity contribution is 6.30. The molecule has 0 aromatic heterocycles. The Kier molecular flexibility index (Phi) is 7.67. The first-order valence-corrected chi connectivity index (χ1v) is 15.0. The summed E-state index contributed by atoms with van der Waals surface area (Å²) in [6.45, 7) is 8.37. The van der Waals surface area contributed by atoms with Gasteiger partial charge in [-0.15, -0.1) is 0 Å².